The molecule has 0 spiro atoms. The van der Waals surface area contributed by atoms with Crippen molar-refractivity contribution >= 4 is 40.9 Å². The van der Waals surface area contributed by atoms with Gasteiger partial charge in [-0.25, -0.2) is 4.98 Å². The predicted molar refractivity (Wildman–Crippen MR) is 159 cm³/mol. The van der Waals surface area contributed by atoms with Crippen LogP contribution in [0.15, 0.2) is 54.6 Å². The number of ether oxygens (including phenoxy) is 2. The van der Waals surface area contributed by atoms with Crippen LogP contribution in [0.1, 0.15) is 56.4 Å². The number of anilines is 2. The van der Waals surface area contributed by atoms with Crippen molar-refractivity contribution in [2.75, 3.05) is 17.2 Å². The molecule has 1 aliphatic rings. The van der Waals surface area contributed by atoms with Gasteiger partial charge in [0.25, 0.3) is 0 Å². The van der Waals surface area contributed by atoms with Gasteiger partial charge in [0.2, 0.25) is 11.9 Å². The van der Waals surface area contributed by atoms with Crippen LogP contribution in [-0.4, -0.2) is 34.8 Å². The van der Waals surface area contributed by atoms with Crippen LogP contribution in [0.5, 0.6) is 0 Å². The molecule has 1 aromatic heterocycles. The molecule has 10 heteroatoms. The summed E-state index contributed by atoms with van der Waals surface area (Å²) in [4.78, 5) is 22.6. The number of hydrogen-bond acceptors (Lipinski definition) is 7. The van der Waals surface area contributed by atoms with Gasteiger partial charge in [-0.1, -0.05) is 61.3 Å². The molecule has 3 N–H and O–H groups in total. The maximum Gasteiger partial charge on any atom is 0.242 e. The Balaban J connectivity index is 1.48. The highest BCUT2D eigenvalue weighted by Gasteiger charge is 2.21. The first-order chi connectivity index (χ1) is 19.3. The van der Waals surface area contributed by atoms with E-state index in [9.17, 15) is 4.79 Å². The van der Waals surface area contributed by atoms with Crippen molar-refractivity contribution in [1.29, 1.82) is 0 Å². The summed E-state index contributed by atoms with van der Waals surface area (Å²) in [5.41, 5.74) is 2.66. The fourth-order valence-corrected chi connectivity index (χ4v) is 4.71. The number of rotatable bonds is 13. The fraction of sp³-hybridized carbons (Fsp3) is 0.433. The van der Waals surface area contributed by atoms with Crippen LogP contribution >= 0.6 is 23.2 Å². The SMILES string of the molecule is CC(C)C[C@@H](Nc1cc(COC2CCCCO2)nc(NCc2cccc(Cl)c2)n1)C(=O)NCc1ccc(Cl)cc1. The Hall–Kier alpha value is -2.91. The molecule has 1 aliphatic heterocycles. The number of carbonyl (C=O) groups excluding carboxylic acids is 1. The van der Waals surface area contributed by atoms with Crippen molar-refractivity contribution in [1.82, 2.24) is 15.3 Å². The van der Waals surface area contributed by atoms with E-state index in [1.807, 2.05) is 54.6 Å². The third-order valence-corrected chi connectivity index (χ3v) is 6.89. The molecule has 2 atom stereocenters. The summed E-state index contributed by atoms with van der Waals surface area (Å²) < 4.78 is 11.7. The summed E-state index contributed by atoms with van der Waals surface area (Å²) >= 11 is 12.1. The van der Waals surface area contributed by atoms with Crippen molar-refractivity contribution in [3.8, 4) is 0 Å². The monoisotopic (exact) mass is 585 g/mol. The molecule has 3 aromatic rings. The number of halogens is 2. The van der Waals surface area contributed by atoms with Crippen molar-refractivity contribution in [3.63, 3.8) is 0 Å². The van der Waals surface area contributed by atoms with Crippen molar-refractivity contribution in [2.24, 2.45) is 5.92 Å². The van der Waals surface area contributed by atoms with E-state index in [0.717, 1.165) is 30.4 Å². The Bertz CT molecular complexity index is 1240. The van der Waals surface area contributed by atoms with Gasteiger partial charge < -0.3 is 25.4 Å². The zero-order valence-electron chi connectivity index (χ0n) is 23.0. The van der Waals surface area contributed by atoms with E-state index in [1.54, 1.807) is 0 Å². The molecule has 1 unspecified atom stereocenters. The number of nitrogens with zero attached hydrogens (tertiary/aromatic N) is 2. The van der Waals surface area contributed by atoms with Gasteiger partial charge in [-0.05, 0) is 67.0 Å². The molecule has 2 aromatic carbocycles. The Morgan fingerprint density at radius 2 is 1.85 bits per heavy atom. The van der Waals surface area contributed by atoms with E-state index >= 15 is 0 Å². The maximum absolute atomic E-state index is 13.3. The van der Waals surface area contributed by atoms with E-state index in [2.05, 4.69) is 39.8 Å². The fourth-order valence-electron chi connectivity index (χ4n) is 4.37. The Morgan fingerprint density at radius 1 is 1.02 bits per heavy atom. The van der Waals surface area contributed by atoms with Crippen LogP contribution in [0.2, 0.25) is 10.0 Å². The molecule has 8 nitrogen and oxygen atoms in total. The van der Waals surface area contributed by atoms with Crippen LogP contribution in [0.4, 0.5) is 11.8 Å². The molecular formula is C30H37Cl2N5O3. The van der Waals surface area contributed by atoms with Crippen LogP contribution in [0, 0.1) is 5.92 Å². The topological polar surface area (TPSA) is 97.4 Å². The van der Waals surface area contributed by atoms with Crippen molar-refractivity contribution in [2.45, 2.75) is 71.6 Å². The molecule has 1 saturated heterocycles. The summed E-state index contributed by atoms with van der Waals surface area (Å²) in [6.45, 7) is 6.04. The third-order valence-electron chi connectivity index (χ3n) is 6.40. The summed E-state index contributed by atoms with van der Waals surface area (Å²) in [7, 11) is 0. The molecule has 4 rings (SSSR count). The molecule has 40 heavy (non-hydrogen) atoms. The molecular weight excluding hydrogens is 549 g/mol. The second-order valence-corrected chi connectivity index (χ2v) is 11.2. The minimum absolute atomic E-state index is 0.107. The average molecular weight is 587 g/mol. The highest BCUT2D eigenvalue weighted by Crippen LogP contribution is 2.20. The molecule has 0 bridgehead atoms. The minimum Gasteiger partial charge on any atom is -0.358 e. The first kappa shape index (κ1) is 30.1. The van der Waals surface area contributed by atoms with Gasteiger partial charge in [0.15, 0.2) is 6.29 Å². The quantitative estimate of drug-likeness (QED) is 0.208. The van der Waals surface area contributed by atoms with Crippen molar-refractivity contribution in [3.05, 3.63) is 81.5 Å². The summed E-state index contributed by atoms with van der Waals surface area (Å²) in [6.07, 6.45) is 3.38. The highest BCUT2D eigenvalue weighted by molar-refractivity contribution is 6.30. The van der Waals surface area contributed by atoms with Crippen LogP contribution in [0.25, 0.3) is 0 Å². The number of aromatic nitrogens is 2. The highest BCUT2D eigenvalue weighted by atomic mass is 35.5. The number of benzene rings is 2. The maximum atomic E-state index is 13.3. The van der Waals surface area contributed by atoms with E-state index in [0.29, 0.717) is 53.6 Å². The zero-order chi connectivity index (χ0) is 28.3. The Labute approximate surface area is 246 Å². The number of carbonyl (C=O) groups is 1. The van der Waals surface area contributed by atoms with E-state index < -0.39 is 6.04 Å². The standard InChI is InChI=1S/C30H37Cl2N5O3/c1-20(2)14-26(29(38)33-17-21-9-11-23(31)12-10-21)36-27-16-25(19-40-28-8-3-4-13-39-28)35-30(37-27)34-18-22-6-5-7-24(32)15-22/h5-7,9-12,15-16,20,26,28H,3-4,8,13-14,17-19H2,1-2H3,(H,33,38)(H2,34,35,36,37)/t26-,28?/m1/s1. The van der Waals surface area contributed by atoms with Gasteiger partial charge in [-0.3, -0.25) is 4.79 Å². The molecule has 214 valence electrons. The first-order valence-corrected chi connectivity index (χ1v) is 14.5. The van der Waals surface area contributed by atoms with Gasteiger partial charge in [-0.15, -0.1) is 0 Å². The van der Waals surface area contributed by atoms with E-state index in [-0.39, 0.29) is 24.7 Å². The normalized spacial score (nSPS) is 16.0. The van der Waals surface area contributed by atoms with Gasteiger partial charge in [0.1, 0.15) is 11.9 Å². The second-order valence-electron chi connectivity index (χ2n) is 10.3. The summed E-state index contributed by atoms with van der Waals surface area (Å²) in [5, 5.41) is 11.0. The smallest absolute Gasteiger partial charge is 0.242 e. The Morgan fingerprint density at radius 3 is 2.58 bits per heavy atom. The molecule has 0 saturated carbocycles. The first-order valence-electron chi connectivity index (χ1n) is 13.7. The lowest BCUT2D eigenvalue weighted by Crippen LogP contribution is -2.40. The van der Waals surface area contributed by atoms with Gasteiger partial charge in [0.05, 0.1) is 12.3 Å². The van der Waals surface area contributed by atoms with Gasteiger partial charge in [0, 0.05) is 35.8 Å². The van der Waals surface area contributed by atoms with E-state index in [1.165, 1.54) is 0 Å². The molecule has 2 heterocycles. The van der Waals surface area contributed by atoms with Crippen molar-refractivity contribution < 1.29 is 14.3 Å². The Kier molecular flexibility index (Phi) is 11.4. The van der Waals surface area contributed by atoms with Crippen LogP contribution in [0.3, 0.4) is 0 Å². The summed E-state index contributed by atoms with van der Waals surface area (Å²) in [6, 6.07) is 16.4. The molecule has 1 amide bonds. The van der Waals surface area contributed by atoms with Crippen LogP contribution in [-0.2, 0) is 34.0 Å². The second kappa shape index (κ2) is 15.2. The van der Waals surface area contributed by atoms with Gasteiger partial charge in [-0.2, -0.15) is 4.98 Å². The molecule has 0 radical (unpaired) electrons. The predicted octanol–water partition coefficient (Wildman–Crippen LogP) is 6.58. The molecule has 0 aliphatic carbocycles. The van der Waals surface area contributed by atoms with Crippen LogP contribution < -0.4 is 16.0 Å². The number of amides is 1. The number of nitrogens with one attached hydrogen (secondary N) is 3. The zero-order valence-corrected chi connectivity index (χ0v) is 24.5. The lowest BCUT2D eigenvalue weighted by Gasteiger charge is -2.23. The third kappa shape index (κ3) is 9.93. The largest absolute Gasteiger partial charge is 0.358 e. The lowest BCUT2D eigenvalue weighted by atomic mass is 10.0. The number of hydrogen-bond donors (Lipinski definition) is 3. The minimum atomic E-state index is -0.488. The van der Waals surface area contributed by atoms with E-state index in [4.69, 9.17) is 32.7 Å². The lowest BCUT2D eigenvalue weighted by molar-refractivity contribution is -0.169. The average Bonchev–Trinajstić information content (AvgIpc) is 2.94. The summed E-state index contributed by atoms with van der Waals surface area (Å²) in [5.74, 6) is 1.15. The molecule has 1 fully saturated rings. The van der Waals surface area contributed by atoms with Gasteiger partial charge >= 0.3 is 0 Å².